The molecule has 7 heteroatoms. The van der Waals surface area contributed by atoms with E-state index < -0.39 is 29.7 Å². The normalized spacial score (nSPS) is 30.0. The molecule has 29 heavy (non-hydrogen) atoms. The molecule has 1 aromatic carbocycles. The third-order valence-electron chi connectivity index (χ3n) is 6.11. The van der Waals surface area contributed by atoms with Gasteiger partial charge in [-0.05, 0) is 63.8 Å². The zero-order valence-electron chi connectivity index (χ0n) is 17.5. The standard InChI is InChI=1S/C22H30O7/c1-21(2)16-12-17(23)22(3,29-21)18(13-16)28-20(25)15-8-6-14(7-9-15)19(24)27-11-5-10-26-4/h6-9,16-18,23H,5,10-13H2,1-4H3. The number of hydrogen-bond donors (Lipinski definition) is 1. The molecule has 0 aromatic heterocycles. The van der Waals surface area contributed by atoms with E-state index in [1.54, 1.807) is 38.3 Å². The molecule has 3 aliphatic rings. The summed E-state index contributed by atoms with van der Waals surface area (Å²) in [6.07, 6.45) is 0.708. The Morgan fingerprint density at radius 1 is 1.07 bits per heavy atom. The van der Waals surface area contributed by atoms with Gasteiger partial charge in [0, 0.05) is 20.1 Å². The maximum atomic E-state index is 12.6. The molecule has 160 valence electrons. The van der Waals surface area contributed by atoms with E-state index in [4.69, 9.17) is 18.9 Å². The Bertz CT molecular complexity index is 742. The van der Waals surface area contributed by atoms with Crippen LogP contribution < -0.4 is 0 Å². The minimum absolute atomic E-state index is 0.118. The van der Waals surface area contributed by atoms with E-state index in [2.05, 4.69) is 0 Å². The fourth-order valence-electron chi connectivity index (χ4n) is 4.21. The number of rotatable bonds is 7. The zero-order chi connectivity index (χ0) is 21.2. The molecule has 1 aliphatic carbocycles. The van der Waals surface area contributed by atoms with Crippen LogP contribution in [0, 0.1) is 5.92 Å². The van der Waals surface area contributed by atoms with Crippen molar-refractivity contribution in [2.75, 3.05) is 20.3 Å². The van der Waals surface area contributed by atoms with E-state index in [1.807, 2.05) is 13.8 Å². The van der Waals surface area contributed by atoms with Crippen LogP contribution in [0.2, 0.25) is 0 Å². The molecule has 3 fully saturated rings. The number of benzene rings is 1. The van der Waals surface area contributed by atoms with Crippen molar-refractivity contribution in [3.8, 4) is 0 Å². The summed E-state index contributed by atoms with van der Waals surface area (Å²) in [7, 11) is 1.59. The number of carbonyl (C=O) groups is 2. The highest BCUT2D eigenvalue weighted by molar-refractivity contribution is 5.93. The number of ether oxygens (including phenoxy) is 4. The molecule has 0 amide bonds. The molecule has 4 atom stereocenters. The Balaban J connectivity index is 1.61. The Hall–Kier alpha value is -1.96. The molecule has 1 aromatic rings. The minimum Gasteiger partial charge on any atom is -0.462 e. The zero-order valence-corrected chi connectivity index (χ0v) is 17.5. The van der Waals surface area contributed by atoms with Gasteiger partial charge in [0.25, 0.3) is 0 Å². The van der Waals surface area contributed by atoms with Gasteiger partial charge in [-0.25, -0.2) is 9.59 Å². The monoisotopic (exact) mass is 406 g/mol. The molecular formula is C22H30O7. The number of methoxy groups -OCH3 is 1. The Labute approximate surface area is 171 Å². The number of fused-ring (bicyclic) bond motifs is 3. The molecule has 2 bridgehead atoms. The molecule has 2 saturated heterocycles. The first-order valence-corrected chi connectivity index (χ1v) is 10.0. The Kier molecular flexibility index (Phi) is 6.31. The van der Waals surface area contributed by atoms with Crippen LogP contribution in [-0.4, -0.2) is 60.8 Å². The minimum atomic E-state index is -0.931. The number of esters is 2. The van der Waals surface area contributed by atoms with Crippen molar-refractivity contribution in [2.45, 2.75) is 63.4 Å². The number of aliphatic hydroxyl groups excluding tert-OH is 1. The second-order valence-electron chi connectivity index (χ2n) is 8.53. The molecule has 2 heterocycles. The van der Waals surface area contributed by atoms with Gasteiger partial charge in [-0.15, -0.1) is 0 Å². The average molecular weight is 406 g/mol. The van der Waals surface area contributed by atoms with E-state index in [9.17, 15) is 14.7 Å². The summed E-state index contributed by atoms with van der Waals surface area (Å²) in [5, 5.41) is 10.5. The van der Waals surface area contributed by atoms with E-state index in [0.717, 1.165) is 0 Å². The maximum Gasteiger partial charge on any atom is 0.338 e. The average Bonchev–Trinajstić information content (AvgIpc) is 2.67. The van der Waals surface area contributed by atoms with E-state index >= 15 is 0 Å². The first kappa shape index (κ1) is 21.7. The third-order valence-corrected chi connectivity index (χ3v) is 6.11. The molecule has 7 nitrogen and oxygen atoms in total. The van der Waals surface area contributed by atoms with Crippen LogP contribution in [0.1, 0.15) is 60.7 Å². The highest BCUT2D eigenvalue weighted by atomic mass is 16.6. The highest BCUT2D eigenvalue weighted by Crippen LogP contribution is 2.50. The summed E-state index contributed by atoms with van der Waals surface area (Å²) in [6.45, 7) is 6.61. The van der Waals surface area contributed by atoms with Gasteiger partial charge in [0.1, 0.15) is 11.7 Å². The molecule has 1 saturated carbocycles. The Morgan fingerprint density at radius 2 is 1.69 bits per heavy atom. The van der Waals surface area contributed by atoms with Crippen LogP contribution in [0.15, 0.2) is 24.3 Å². The molecule has 1 N–H and O–H groups in total. The van der Waals surface area contributed by atoms with Crippen LogP contribution in [0.5, 0.6) is 0 Å². The van der Waals surface area contributed by atoms with Gasteiger partial charge in [0.05, 0.1) is 29.4 Å². The molecule has 0 spiro atoms. The van der Waals surface area contributed by atoms with Crippen LogP contribution in [0.25, 0.3) is 0 Å². The number of hydrogen-bond acceptors (Lipinski definition) is 7. The first-order chi connectivity index (χ1) is 13.7. The summed E-state index contributed by atoms with van der Waals surface area (Å²) in [5.41, 5.74) is -0.593. The van der Waals surface area contributed by atoms with E-state index in [0.29, 0.717) is 37.0 Å². The fraction of sp³-hybridized carbons (Fsp3) is 0.636. The quantitative estimate of drug-likeness (QED) is 0.550. The van der Waals surface area contributed by atoms with Crippen LogP contribution in [0.4, 0.5) is 0 Å². The van der Waals surface area contributed by atoms with Gasteiger partial charge < -0.3 is 24.1 Å². The van der Waals surface area contributed by atoms with Crippen LogP contribution in [-0.2, 0) is 18.9 Å². The molecule has 4 rings (SSSR count). The lowest BCUT2D eigenvalue weighted by atomic mass is 9.65. The van der Waals surface area contributed by atoms with Crippen molar-refractivity contribution in [3.05, 3.63) is 35.4 Å². The van der Waals surface area contributed by atoms with Crippen LogP contribution >= 0.6 is 0 Å². The summed E-state index contributed by atoms with van der Waals surface area (Å²) in [6, 6.07) is 6.16. The predicted molar refractivity (Wildman–Crippen MR) is 105 cm³/mol. The van der Waals surface area contributed by atoms with E-state index in [-0.39, 0.29) is 18.1 Å². The second-order valence-corrected chi connectivity index (χ2v) is 8.53. The van der Waals surface area contributed by atoms with Gasteiger partial charge >= 0.3 is 11.9 Å². The summed E-state index contributed by atoms with van der Waals surface area (Å²) >= 11 is 0. The summed E-state index contributed by atoms with van der Waals surface area (Å²) in [4.78, 5) is 24.6. The van der Waals surface area contributed by atoms with Crippen molar-refractivity contribution >= 4 is 11.9 Å². The predicted octanol–water partition coefficient (Wildman–Crippen LogP) is 2.74. The van der Waals surface area contributed by atoms with Gasteiger partial charge in [-0.3, -0.25) is 0 Å². The van der Waals surface area contributed by atoms with E-state index in [1.165, 1.54) is 0 Å². The molecule has 2 aliphatic heterocycles. The van der Waals surface area contributed by atoms with Crippen molar-refractivity contribution in [1.29, 1.82) is 0 Å². The lowest BCUT2D eigenvalue weighted by Gasteiger charge is -2.58. The second kappa shape index (κ2) is 8.42. The van der Waals surface area contributed by atoms with Gasteiger partial charge in [-0.1, -0.05) is 0 Å². The van der Waals surface area contributed by atoms with Gasteiger partial charge in [0.15, 0.2) is 0 Å². The molecule has 0 radical (unpaired) electrons. The largest absolute Gasteiger partial charge is 0.462 e. The molecular weight excluding hydrogens is 376 g/mol. The van der Waals surface area contributed by atoms with Crippen LogP contribution in [0.3, 0.4) is 0 Å². The van der Waals surface area contributed by atoms with Crippen molar-refractivity contribution in [3.63, 3.8) is 0 Å². The molecule has 4 unspecified atom stereocenters. The number of aliphatic hydroxyl groups is 1. The summed E-state index contributed by atoms with van der Waals surface area (Å²) in [5.74, 6) is -0.832. The lowest BCUT2D eigenvalue weighted by Crippen LogP contribution is -2.68. The number of carbonyl (C=O) groups excluding carboxylic acids is 2. The van der Waals surface area contributed by atoms with Crippen molar-refractivity contribution < 1.29 is 33.6 Å². The van der Waals surface area contributed by atoms with Crippen molar-refractivity contribution in [1.82, 2.24) is 0 Å². The van der Waals surface area contributed by atoms with Gasteiger partial charge in [0.2, 0.25) is 0 Å². The maximum absolute atomic E-state index is 12.6. The Morgan fingerprint density at radius 3 is 2.31 bits per heavy atom. The lowest BCUT2D eigenvalue weighted by molar-refractivity contribution is -0.310. The van der Waals surface area contributed by atoms with Gasteiger partial charge in [-0.2, -0.15) is 0 Å². The smallest absolute Gasteiger partial charge is 0.338 e. The fourth-order valence-corrected chi connectivity index (χ4v) is 4.21. The summed E-state index contributed by atoms with van der Waals surface area (Å²) < 4.78 is 21.9. The first-order valence-electron chi connectivity index (χ1n) is 10.0. The third kappa shape index (κ3) is 4.47. The SMILES string of the molecule is COCCCOC(=O)c1ccc(C(=O)OC2CC3CC(O)C2(C)OC3(C)C)cc1. The highest BCUT2D eigenvalue weighted by Gasteiger charge is 2.60. The topological polar surface area (TPSA) is 91.3 Å². The van der Waals surface area contributed by atoms with Crippen molar-refractivity contribution in [2.24, 2.45) is 5.92 Å².